The van der Waals surface area contributed by atoms with Crippen LogP contribution in [-0.2, 0) is 16.1 Å². The summed E-state index contributed by atoms with van der Waals surface area (Å²) in [6.07, 6.45) is 6.62. The van der Waals surface area contributed by atoms with Gasteiger partial charge in [0, 0.05) is 6.61 Å². The summed E-state index contributed by atoms with van der Waals surface area (Å²) in [5, 5.41) is 0. The first-order valence-electron chi connectivity index (χ1n) is 6.08. The second-order valence-corrected chi connectivity index (χ2v) is 4.05. The smallest absolute Gasteiger partial charge is 0.152 e. The summed E-state index contributed by atoms with van der Waals surface area (Å²) in [5.74, 6) is 0.116. The van der Waals surface area contributed by atoms with E-state index in [2.05, 4.69) is 12.1 Å². The Morgan fingerprint density at radius 1 is 1.24 bits per heavy atom. The van der Waals surface area contributed by atoms with Crippen LogP contribution in [0.25, 0.3) is 0 Å². The molecule has 0 unspecified atom stereocenters. The fraction of sp³-hybridized carbons (Fsp3) is 0.400. The molecule has 92 valence electrons. The van der Waals surface area contributed by atoms with E-state index < -0.39 is 0 Å². The minimum atomic E-state index is 0.116. The van der Waals surface area contributed by atoms with Gasteiger partial charge in [0.1, 0.15) is 0 Å². The van der Waals surface area contributed by atoms with E-state index in [1.807, 2.05) is 24.3 Å². The zero-order valence-corrected chi connectivity index (χ0v) is 10.4. The third-order valence-corrected chi connectivity index (χ3v) is 2.37. The van der Waals surface area contributed by atoms with Crippen LogP contribution < -0.4 is 0 Å². The van der Waals surface area contributed by atoms with Crippen LogP contribution in [0.5, 0.6) is 0 Å². The first kappa shape index (κ1) is 13.7. The SMILES string of the molecule is CC(=O)/C=C/CCCCOCc1ccccc1. The van der Waals surface area contributed by atoms with Crippen LogP contribution in [0.1, 0.15) is 31.7 Å². The van der Waals surface area contributed by atoms with Gasteiger partial charge < -0.3 is 4.74 Å². The van der Waals surface area contributed by atoms with Crippen molar-refractivity contribution in [3.8, 4) is 0 Å². The number of hydrogen-bond acceptors (Lipinski definition) is 2. The number of allylic oxidation sites excluding steroid dienone is 2. The predicted molar refractivity (Wildman–Crippen MR) is 69.8 cm³/mol. The molecule has 2 heteroatoms. The predicted octanol–water partition coefficient (Wildman–Crippen LogP) is 3.52. The highest BCUT2D eigenvalue weighted by Gasteiger charge is 1.92. The molecule has 0 spiro atoms. The topological polar surface area (TPSA) is 26.3 Å². The summed E-state index contributed by atoms with van der Waals surface area (Å²) in [7, 11) is 0. The normalized spacial score (nSPS) is 10.9. The van der Waals surface area contributed by atoms with Gasteiger partial charge in [-0.2, -0.15) is 0 Å². The fourth-order valence-corrected chi connectivity index (χ4v) is 1.48. The van der Waals surface area contributed by atoms with E-state index in [1.165, 1.54) is 5.56 Å². The van der Waals surface area contributed by atoms with Gasteiger partial charge >= 0.3 is 0 Å². The molecule has 1 rings (SSSR count). The van der Waals surface area contributed by atoms with Gasteiger partial charge in [0.15, 0.2) is 5.78 Å². The van der Waals surface area contributed by atoms with Gasteiger partial charge in [0.05, 0.1) is 6.61 Å². The number of carbonyl (C=O) groups excluding carboxylic acids is 1. The number of carbonyl (C=O) groups is 1. The standard InChI is InChI=1S/C15H20O2/c1-14(16)9-5-2-3-8-12-17-13-15-10-6-4-7-11-15/h4-7,9-11H,2-3,8,12-13H2,1H3/b9-5+. The van der Waals surface area contributed by atoms with Gasteiger partial charge in [-0.05, 0) is 37.8 Å². The molecular formula is C15H20O2. The van der Waals surface area contributed by atoms with E-state index in [1.54, 1.807) is 13.0 Å². The molecule has 1 aromatic carbocycles. The Kier molecular flexibility index (Phi) is 6.99. The van der Waals surface area contributed by atoms with Crippen molar-refractivity contribution in [2.24, 2.45) is 0 Å². The molecule has 0 saturated carbocycles. The maximum atomic E-state index is 10.6. The van der Waals surface area contributed by atoms with Crippen LogP contribution in [0.4, 0.5) is 0 Å². The summed E-state index contributed by atoms with van der Waals surface area (Å²) in [6.45, 7) is 3.03. The van der Waals surface area contributed by atoms with Gasteiger partial charge in [-0.25, -0.2) is 0 Å². The lowest BCUT2D eigenvalue weighted by Gasteiger charge is -2.03. The molecule has 1 aromatic rings. The Bertz CT molecular complexity index is 341. The highest BCUT2D eigenvalue weighted by molar-refractivity contribution is 5.87. The third kappa shape index (κ3) is 7.47. The van der Waals surface area contributed by atoms with Crippen LogP contribution in [0.15, 0.2) is 42.5 Å². The zero-order chi connectivity index (χ0) is 12.3. The number of benzene rings is 1. The van der Waals surface area contributed by atoms with Crippen molar-refractivity contribution in [3.63, 3.8) is 0 Å². The largest absolute Gasteiger partial charge is 0.377 e. The van der Waals surface area contributed by atoms with Gasteiger partial charge in [-0.3, -0.25) is 4.79 Å². The van der Waals surface area contributed by atoms with Crippen LogP contribution >= 0.6 is 0 Å². The van der Waals surface area contributed by atoms with Gasteiger partial charge in [0.2, 0.25) is 0 Å². The number of ketones is 1. The van der Waals surface area contributed by atoms with E-state index >= 15 is 0 Å². The molecule has 0 fully saturated rings. The number of unbranched alkanes of at least 4 members (excludes halogenated alkanes) is 2. The number of ether oxygens (including phenoxy) is 1. The average Bonchev–Trinajstić information content (AvgIpc) is 2.33. The number of hydrogen-bond donors (Lipinski definition) is 0. The molecule has 0 aliphatic rings. The van der Waals surface area contributed by atoms with Gasteiger partial charge in [-0.1, -0.05) is 36.4 Å². The minimum Gasteiger partial charge on any atom is -0.377 e. The summed E-state index contributed by atoms with van der Waals surface area (Å²) in [4.78, 5) is 10.6. The van der Waals surface area contributed by atoms with Crippen molar-refractivity contribution in [1.82, 2.24) is 0 Å². The van der Waals surface area contributed by atoms with Crippen molar-refractivity contribution in [2.75, 3.05) is 6.61 Å². The minimum absolute atomic E-state index is 0.116. The van der Waals surface area contributed by atoms with Crippen LogP contribution in [0.3, 0.4) is 0 Å². The maximum Gasteiger partial charge on any atom is 0.152 e. The molecule has 0 heterocycles. The third-order valence-electron chi connectivity index (χ3n) is 2.37. The van der Waals surface area contributed by atoms with E-state index in [-0.39, 0.29) is 5.78 Å². The molecule has 0 saturated heterocycles. The summed E-state index contributed by atoms with van der Waals surface area (Å²) in [6, 6.07) is 10.2. The van der Waals surface area contributed by atoms with Crippen molar-refractivity contribution in [2.45, 2.75) is 32.8 Å². The molecular weight excluding hydrogens is 212 g/mol. The molecule has 0 radical (unpaired) electrons. The highest BCUT2D eigenvalue weighted by atomic mass is 16.5. The van der Waals surface area contributed by atoms with E-state index in [0.29, 0.717) is 6.61 Å². The quantitative estimate of drug-likeness (QED) is 0.506. The fourth-order valence-electron chi connectivity index (χ4n) is 1.48. The first-order chi connectivity index (χ1) is 8.29. The van der Waals surface area contributed by atoms with Gasteiger partial charge in [0.25, 0.3) is 0 Å². The summed E-state index contributed by atoms with van der Waals surface area (Å²) >= 11 is 0. The molecule has 0 aliphatic carbocycles. The molecule has 0 atom stereocenters. The molecule has 0 bridgehead atoms. The maximum absolute atomic E-state index is 10.6. The first-order valence-corrected chi connectivity index (χ1v) is 6.08. The van der Waals surface area contributed by atoms with E-state index in [0.717, 1.165) is 25.9 Å². The van der Waals surface area contributed by atoms with Crippen molar-refractivity contribution >= 4 is 5.78 Å². The van der Waals surface area contributed by atoms with E-state index in [4.69, 9.17) is 4.74 Å². The number of rotatable bonds is 8. The Hall–Kier alpha value is -1.41. The Labute approximate surface area is 103 Å². The lowest BCUT2D eigenvalue weighted by molar-refractivity contribution is -0.112. The van der Waals surface area contributed by atoms with Gasteiger partial charge in [-0.15, -0.1) is 0 Å². The van der Waals surface area contributed by atoms with Crippen molar-refractivity contribution < 1.29 is 9.53 Å². The Morgan fingerprint density at radius 3 is 2.71 bits per heavy atom. The molecule has 0 amide bonds. The molecule has 2 nitrogen and oxygen atoms in total. The zero-order valence-electron chi connectivity index (χ0n) is 10.4. The summed E-state index contributed by atoms with van der Waals surface area (Å²) < 4.78 is 5.56. The molecule has 0 aliphatic heterocycles. The lowest BCUT2D eigenvalue weighted by Crippen LogP contribution is -1.95. The second-order valence-electron chi connectivity index (χ2n) is 4.05. The monoisotopic (exact) mass is 232 g/mol. The Morgan fingerprint density at radius 2 is 2.00 bits per heavy atom. The lowest BCUT2D eigenvalue weighted by atomic mass is 10.2. The summed E-state index contributed by atoms with van der Waals surface area (Å²) in [5.41, 5.74) is 1.21. The van der Waals surface area contributed by atoms with Crippen LogP contribution in [0.2, 0.25) is 0 Å². The van der Waals surface area contributed by atoms with Crippen molar-refractivity contribution in [1.29, 1.82) is 0 Å². The van der Waals surface area contributed by atoms with Crippen molar-refractivity contribution in [3.05, 3.63) is 48.0 Å². The Balaban J connectivity index is 1.96. The second kappa shape index (κ2) is 8.71. The molecule has 17 heavy (non-hydrogen) atoms. The molecule has 0 aromatic heterocycles. The van der Waals surface area contributed by atoms with Crippen LogP contribution in [0, 0.1) is 0 Å². The molecule has 0 N–H and O–H groups in total. The van der Waals surface area contributed by atoms with E-state index in [9.17, 15) is 4.79 Å². The average molecular weight is 232 g/mol. The van der Waals surface area contributed by atoms with Crippen LogP contribution in [-0.4, -0.2) is 12.4 Å². The highest BCUT2D eigenvalue weighted by Crippen LogP contribution is 2.02.